The first-order valence-corrected chi connectivity index (χ1v) is 8.35. The highest BCUT2D eigenvalue weighted by molar-refractivity contribution is 7.89. The zero-order chi connectivity index (χ0) is 15.5. The standard InChI is InChI=1S/C15H17ClN2O2S/c1-11-3-2-4-14(17)15(11)21(19,20)18-10-9-12-5-7-13(16)8-6-12/h2-8,18H,9-10,17H2,1H3. The molecule has 0 unspecified atom stereocenters. The van der Waals surface area contributed by atoms with E-state index in [0.717, 1.165) is 5.56 Å². The van der Waals surface area contributed by atoms with Crippen LogP contribution in [0.2, 0.25) is 5.02 Å². The van der Waals surface area contributed by atoms with E-state index in [4.69, 9.17) is 17.3 Å². The second-order valence-corrected chi connectivity index (χ2v) is 6.91. The lowest BCUT2D eigenvalue weighted by molar-refractivity contribution is 0.581. The van der Waals surface area contributed by atoms with E-state index in [0.29, 0.717) is 23.6 Å². The number of rotatable bonds is 5. The van der Waals surface area contributed by atoms with Crippen molar-refractivity contribution >= 4 is 27.3 Å². The molecule has 0 saturated carbocycles. The van der Waals surface area contributed by atoms with Gasteiger partial charge in [-0.25, -0.2) is 13.1 Å². The van der Waals surface area contributed by atoms with Crippen molar-refractivity contribution in [3.05, 3.63) is 58.6 Å². The molecule has 3 N–H and O–H groups in total. The molecule has 0 spiro atoms. The van der Waals surface area contributed by atoms with Gasteiger partial charge in [0.1, 0.15) is 4.90 Å². The fourth-order valence-electron chi connectivity index (χ4n) is 2.10. The molecule has 0 radical (unpaired) electrons. The minimum atomic E-state index is -3.60. The van der Waals surface area contributed by atoms with E-state index < -0.39 is 10.0 Å². The van der Waals surface area contributed by atoms with Gasteiger partial charge in [0.05, 0.1) is 5.69 Å². The minimum absolute atomic E-state index is 0.154. The van der Waals surface area contributed by atoms with E-state index in [1.807, 2.05) is 12.1 Å². The summed E-state index contributed by atoms with van der Waals surface area (Å²) < 4.78 is 27.2. The number of hydrogen-bond acceptors (Lipinski definition) is 3. The summed E-state index contributed by atoms with van der Waals surface area (Å²) in [6, 6.07) is 12.4. The lowest BCUT2D eigenvalue weighted by atomic mass is 10.2. The summed E-state index contributed by atoms with van der Waals surface area (Å²) in [7, 11) is -3.60. The Bertz CT molecular complexity index is 708. The van der Waals surface area contributed by atoms with Crippen molar-refractivity contribution in [3.63, 3.8) is 0 Å². The minimum Gasteiger partial charge on any atom is -0.398 e. The molecular weight excluding hydrogens is 308 g/mol. The third-order valence-corrected chi connectivity index (χ3v) is 5.06. The van der Waals surface area contributed by atoms with Crippen molar-refractivity contribution in [1.82, 2.24) is 4.72 Å². The second-order valence-electron chi connectivity index (χ2n) is 4.77. The topological polar surface area (TPSA) is 72.2 Å². The van der Waals surface area contributed by atoms with Crippen molar-refractivity contribution in [2.24, 2.45) is 0 Å². The number of nitrogens with two attached hydrogens (primary N) is 1. The quantitative estimate of drug-likeness (QED) is 0.831. The molecule has 2 rings (SSSR count). The first-order valence-electron chi connectivity index (χ1n) is 6.49. The second kappa shape index (κ2) is 6.47. The molecule has 0 amide bonds. The third-order valence-electron chi connectivity index (χ3n) is 3.13. The van der Waals surface area contributed by atoms with Crippen LogP contribution in [-0.2, 0) is 16.4 Å². The average Bonchev–Trinajstić information content (AvgIpc) is 2.40. The average molecular weight is 325 g/mol. The fraction of sp³-hybridized carbons (Fsp3) is 0.200. The molecule has 6 heteroatoms. The number of nitrogens with one attached hydrogen (secondary N) is 1. The van der Waals surface area contributed by atoms with Gasteiger partial charge in [0, 0.05) is 11.6 Å². The van der Waals surface area contributed by atoms with Crippen LogP contribution in [0.4, 0.5) is 5.69 Å². The first kappa shape index (κ1) is 15.8. The maximum atomic E-state index is 12.3. The Morgan fingerprint density at radius 2 is 1.81 bits per heavy atom. The molecule has 0 aromatic heterocycles. The summed E-state index contributed by atoms with van der Waals surface area (Å²) in [4.78, 5) is 0.154. The summed E-state index contributed by atoms with van der Waals surface area (Å²) in [6.07, 6.45) is 0.586. The fourth-order valence-corrected chi connectivity index (χ4v) is 3.61. The Hall–Kier alpha value is -1.56. The molecule has 0 heterocycles. The normalized spacial score (nSPS) is 11.5. The van der Waals surface area contributed by atoms with Crippen LogP contribution in [0.5, 0.6) is 0 Å². The molecule has 21 heavy (non-hydrogen) atoms. The molecule has 0 aliphatic heterocycles. The van der Waals surface area contributed by atoms with E-state index in [1.165, 1.54) is 0 Å². The van der Waals surface area contributed by atoms with E-state index in [-0.39, 0.29) is 10.6 Å². The summed E-state index contributed by atoms with van der Waals surface area (Å²) in [5.74, 6) is 0. The van der Waals surface area contributed by atoms with E-state index >= 15 is 0 Å². The largest absolute Gasteiger partial charge is 0.398 e. The van der Waals surface area contributed by atoms with Crippen molar-refractivity contribution < 1.29 is 8.42 Å². The molecule has 0 aliphatic rings. The van der Waals surface area contributed by atoms with Gasteiger partial charge in [0.2, 0.25) is 10.0 Å². The maximum Gasteiger partial charge on any atom is 0.242 e. The van der Waals surface area contributed by atoms with E-state index in [2.05, 4.69) is 4.72 Å². The van der Waals surface area contributed by atoms with Crippen LogP contribution < -0.4 is 10.5 Å². The number of benzene rings is 2. The van der Waals surface area contributed by atoms with Crippen LogP contribution in [0.1, 0.15) is 11.1 Å². The molecule has 2 aromatic rings. The predicted molar refractivity (Wildman–Crippen MR) is 85.9 cm³/mol. The van der Waals surface area contributed by atoms with Gasteiger partial charge in [-0.3, -0.25) is 0 Å². The Kier molecular flexibility index (Phi) is 4.88. The van der Waals surface area contributed by atoms with Gasteiger partial charge in [-0.15, -0.1) is 0 Å². The SMILES string of the molecule is Cc1cccc(N)c1S(=O)(=O)NCCc1ccc(Cl)cc1. The van der Waals surface area contributed by atoms with Crippen molar-refractivity contribution in [2.45, 2.75) is 18.2 Å². The van der Waals surface area contributed by atoms with Gasteiger partial charge in [-0.1, -0.05) is 35.9 Å². The number of aryl methyl sites for hydroxylation is 1. The number of sulfonamides is 1. The molecular formula is C15H17ClN2O2S. The third kappa shape index (κ3) is 3.97. The molecule has 2 aromatic carbocycles. The van der Waals surface area contributed by atoms with Crippen LogP contribution in [0.3, 0.4) is 0 Å². The van der Waals surface area contributed by atoms with Crippen LogP contribution in [-0.4, -0.2) is 15.0 Å². The van der Waals surface area contributed by atoms with Gasteiger partial charge < -0.3 is 5.73 Å². The van der Waals surface area contributed by atoms with Crippen LogP contribution in [0.15, 0.2) is 47.4 Å². The first-order chi connectivity index (χ1) is 9.90. The highest BCUT2D eigenvalue weighted by Crippen LogP contribution is 2.21. The number of halogens is 1. The Balaban J connectivity index is 2.07. The Morgan fingerprint density at radius 1 is 1.14 bits per heavy atom. The summed E-state index contributed by atoms with van der Waals surface area (Å²) in [5.41, 5.74) is 7.68. The van der Waals surface area contributed by atoms with Gasteiger partial charge in [0.15, 0.2) is 0 Å². The maximum absolute atomic E-state index is 12.3. The lowest BCUT2D eigenvalue weighted by Gasteiger charge is -2.11. The predicted octanol–water partition coefficient (Wildman–Crippen LogP) is 2.75. The molecule has 0 atom stereocenters. The summed E-state index contributed by atoms with van der Waals surface area (Å²) in [6.45, 7) is 2.03. The molecule has 0 bridgehead atoms. The molecule has 0 saturated heterocycles. The van der Waals surface area contributed by atoms with Crippen molar-refractivity contribution in [3.8, 4) is 0 Å². The van der Waals surface area contributed by atoms with Gasteiger partial charge in [-0.2, -0.15) is 0 Å². The van der Waals surface area contributed by atoms with Crippen molar-refractivity contribution in [2.75, 3.05) is 12.3 Å². The van der Waals surface area contributed by atoms with E-state index in [9.17, 15) is 8.42 Å². The highest BCUT2D eigenvalue weighted by atomic mass is 35.5. The van der Waals surface area contributed by atoms with Gasteiger partial charge in [0.25, 0.3) is 0 Å². The number of anilines is 1. The molecule has 0 fully saturated rings. The number of hydrogen-bond donors (Lipinski definition) is 2. The Labute approximate surface area is 130 Å². The van der Waals surface area contributed by atoms with Gasteiger partial charge >= 0.3 is 0 Å². The molecule has 0 aliphatic carbocycles. The lowest BCUT2D eigenvalue weighted by Crippen LogP contribution is -2.27. The smallest absolute Gasteiger partial charge is 0.242 e. The van der Waals surface area contributed by atoms with Crippen LogP contribution in [0, 0.1) is 6.92 Å². The molecule has 112 valence electrons. The molecule has 4 nitrogen and oxygen atoms in total. The summed E-state index contributed by atoms with van der Waals surface area (Å²) >= 11 is 5.81. The Morgan fingerprint density at radius 3 is 2.43 bits per heavy atom. The van der Waals surface area contributed by atoms with Gasteiger partial charge in [-0.05, 0) is 42.7 Å². The zero-order valence-corrected chi connectivity index (χ0v) is 13.2. The summed E-state index contributed by atoms with van der Waals surface area (Å²) in [5, 5.41) is 0.659. The zero-order valence-electron chi connectivity index (χ0n) is 11.6. The van der Waals surface area contributed by atoms with E-state index in [1.54, 1.807) is 37.3 Å². The van der Waals surface area contributed by atoms with Crippen LogP contribution in [0.25, 0.3) is 0 Å². The highest BCUT2D eigenvalue weighted by Gasteiger charge is 2.19. The van der Waals surface area contributed by atoms with Crippen LogP contribution >= 0.6 is 11.6 Å². The monoisotopic (exact) mass is 324 g/mol. The van der Waals surface area contributed by atoms with Crippen molar-refractivity contribution in [1.29, 1.82) is 0 Å². The number of nitrogen functional groups attached to an aromatic ring is 1.